The Kier molecular flexibility index (Phi) is 8.33. The maximum Gasteiger partial charge on any atom is 1.00 e. The molecule has 0 aliphatic carbocycles. The van der Waals surface area contributed by atoms with E-state index < -0.39 is 57.3 Å². The van der Waals surface area contributed by atoms with E-state index in [1.807, 2.05) is 0 Å². The number of phosphoric ester groups is 1. The molecule has 114 valence electrons. The van der Waals surface area contributed by atoms with Gasteiger partial charge in [-0.3, -0.25) is 9.32 Å². The van der Waals surface area contributed by atoms with Crippen molar-refractivity contribution in [3.63, 3.8) is 0 Å². The molecule has 1 fully saturated rings. The minimum Gasteiger partial charge on any atom is -1.00 e. The zero-order valence-electron chi connectivity index (χ0n) is 11.6. The second kappa shape index (κ2) is 8.16. The molecular weight excluding hydrogens is 310 g/mol. The monoisotopic (exact) mass is 326 g/mol. The summed E-state index contributed by atoms with van der Waals surface area (Å²) in [6, 6.07) is 0. The standard InChI is InChI=1S/C8H15O10P.Na.H/c9-5(10)1-3-6(11)8(13)7(12)4(18-3)2-17-19(14,15)16;;/h3-4,6-8,11-13H,1-2H2,(H,9,10)(H2,14,15,16);;/q;+1;-1. The maximum atomic E-state index is 10.5. The molecule has 0 aromatic carbocycles. The van der Waals surface area contributed by atoms with E-state index in [1.165, 1.54) is 0 Å². The summed E-state index contributed by atoms with van der Waals surface area (Å²) in [5.74, 6) is -1.30. The van der Waals surface area contributed by atoms with E-state index in [0.29, 0.717) is 0 Å². The Morgan fingerprint density at radius 3 is 2.10 bits per heavy atom. The molecule has 5 atom stereocenters. The number of carboxylic acid groups (broad SMARTS) is 1. The smallest absolute Gasteiger partial charge is 1.00 e. The fourth-order valence-electron chi connectivity index (χ4n) is 1.68. The number of aliphatic hydroxyl groups is 3. The molecule has 1 saturated heterocycles. The molecule has 12 heteroatoms. The van der Waals surface area contributed by atoms with Crippen LogP contribution < -0.4 is 29.6 Å². The van der Waals surface area contributed by atoms with E-state index in [4.69, 9.17) is 19.6 Å². The van der Waals surface area contributed by atoms with Crippen LogP contribution in [-0.2, 0) is 18.6 Å². The number of hydrogen-bond acceptors (Lipinski definition) is 7. The molecule has 0 spiro atoms. The molecule has 0 amide bonds. The number of phosphoric acid groups is 1. The maximum absolute atomic E-state index is 10.5. The molecule has 0 aromatic rings. The van der Waals surface area contributed by atoms with E-state index in [9.17, 15) is 24.7 Å². The van der Waals surface area contributed by atoms with E-state index in [-0.39, 0.29) is 31.0 Å². The van der Waals surface area contributed by atoms with Gasteiger partial charge in [0.2, 0.25) is 0 Å². The predicted octanol–water partition coefficient (Wildman–Crippen LogP) is -5.46. The largest absolute Gasteiger partial charge is 1.00 e. The van der Waals surface area contributed by atoms with Crippen molar-refractivity contribution in [2.45, 2.75) is 36.9 Å². The van der Waals surface area contributed by atoms with Gasteiger partial charge in [0, 0.05) is 0 Å². The van der Waals surface area contributed by atoms with Crippen LogP contribution in [0.4, 0.5) is 0 Å². The summed E-state index contributed by atoms with van der Waals surface area (Å²) in [5.41, 5.74) is 0. The van der Waals surface area contributed by atoms with E-state index in [0.717, 1.165) is 0 Å². The number of aliphatic carboxylic acids is 1. The van der Waals surface area contributed by atoms with Gasteiger partial charge in [-0.2, -0.15) is 0 Å². The first-order valence-electron chi connectivity index (χ1n) is 5.23. The molecule has 0 bridgehead atoms. The van der Waals surface area contributed by atoms with Crippen LogP contribution in [0, 0.1) is 0 Å². The first kappa shape index (κ1) is 20.4. The molecule has 0 radical (unpaired) electrons. The van der Waals surface area contributed by atoms with E-state index in [2.05, 4.69) is 4.52 Å². The van der Waals surface area contributed by atoms with Crippen molar-refractivity contribution in [1.29, 1.82) is 0 Å². The van der Waals surface area contributed by atoms with Gasteiger partial charge in [0.25, 0.3) is 0 Å². The van der Waals surface area contributed by atoms with Gasteiger partial charge in [-0.25, -0.2) is 4.57 Å². The van der Waals surface area contributed by atoms with Crippen molar-refractivity contribution in [3.8, 4) is 0 Å². The molecule has 1 heterocycles. The first-order chi connectivity index (χ1) is 8.61. The third-order valence-corrected chi connectivity index (χ3v) is 3.08. The molecule has 1 aliphatic heterocycles. The van der Waals surface area contributed by atoms with Gasteiger partial charge in [0.15, 0.2) is 0 Å². The number of carboxylic acids is 1. The zero-order chi connectivity index (χ0) is 14.8. The average molecular weight is 326 g/mol. The fraction of sp³-hybridized carbons (Fsp3) is 0.875. The van der Waals surface area contributed by atoms with Crippen molar-refractivity contribution >= 4 is 13.8 Å². The van der Waals surface area contributed by atoms with Gasteiger partial charge >= 0.3 is 43.3 Å². The Morgan fingerprint density at radius 2 is 1.65 bits per heavy atom. The van der Waals surface area contributed by atoms with Gasteiger partial charge in [-0.1, -0.05) is 0 Å². The van der Waals surface area contributed by atoms with Gasteiger partial charge in [-0.05, 0) is 0 Å². The average Bonchev–Trinajstić information content (AvgIpc) is 2.26. The summed E-state index contributed by atoms with van der Waals surface area (Å²) in [6.07, 6.45) is -8.32. The van der Waals surface area contributed by atoms with Crippen molar-refractivity contribution in [1.82, 2.24) is 0 Å². The van der Waals surface area contributed by atoms with Crippen LogP contribution in [0.3, 0.4) is 0 Å². The number of rotatable bonds is 5. The van der Waals surface area contributed by atoms with Crippen LogP contribution in [0.25, 0.3) is 0 Å². The second-order valence-electron chi connectivity index (χ2n) is 4.07. The summed E-state index contributed by atoms with van der Waals surface area (Å²) >= 11 is 0. The minimum absolute atomic E-state index is 0. The molecular formula is C8H16NaO10P. The molecule has 10 nitrogen and oxygen atoms in total. The van der Waals surface area contributed by atoms with Gasteiger partial charge in [0.1, 0.15) is 24.4 Å². The normalized spacial score (nSPS) is 34.4. The molecule has 1 rings (SSSR count). The van der Waals surface area contributed by atoms with Crippen LogP contribution in [0.2, 0.25) is 0 Å². The molecule has 5 unspecified atom stereocenters. The molecule has 1 aliphatic rings. The zero-order valence-corrected chi connectivity index (χ0v) is 13.5. The topological polar surface area (TPSA) is 174 Å². The van der Waals surface area contributed by atoms with E-state index in [1.54, 1.807) is 0 Å². The van der Waals surface area contributed by atoms with Crippen molar-refractivity contribution in [2.24, 2.45) is 0 Å². The summed E-state index contributed by atoms with van der Waals surface area (Å²) in [4.78, 5) is 27.6. The number of hydrogen-bond donors (Lipinski definition) is 6. The van der Waals surface area contributed by atoms with Gasteiger partial charge < -0.3 is 36.4 Å². The number of ether oxygens (including phenoxy) is 1. The molecule has 6 N–H and O–H groups in total. The Morgan fingerprint density at radius 1 is 1.15 bits per heavy atom. The van der Waals surface area contributed by atoms with Crippen LogP contribution in [-0.4, -0.2) is 73.3 Å². The molecule has 0 aromatic heterocycles. The van der Waals surface area contributed by atoms with Crippen LogP contribution in [0.15, 0.2) is 0 Å². The summed E-state index contributed by atoms with van der Waals surface area (Å²) < 4.78 is 19.6. The van der Waals surface area contributed by atoms with Gasteiger partial charge in [-0.15, -0.1) is 0 Å². The molecule has 20 heavy (non-hydrogen) atoms. The SMILES string of the molecule is O=C(O)CC1OC(COP(=O)(O)O)C(O)C(O)C1O.[H-].[Na+]. The fourth-order valence-corrected chi connectivity index (χ4v) is 2.02. The number of aliphatic hydroxyl groups excluding tert-OH is 3. The summed E-state index contributed by atoms with van der Waals surface area (Å²) in [7, 11) is -4.79. The summed E-state index contributed by atoms with van der Waals surface area (Å²) in [5, 5.41) is 37.1. The Hall–Kier alpha value is 0.420. The molecule has 0 saturated carbocycles. The Balaban J connectivity index is 0. The minimum atomic E-state index is -4.79. The van der Waals surface area contributed by atoms with Crippen LogP contribution in [0.1, 0.15) is 7.85 Å². The third kappa shape index (κ3) is 6.04. The van der Waals surface area contributed by atoms with Crippen LogP contribution >= 0.6 is 7.82 Å². The van der Waals surface area contributed by atoms with E-state index >= 15 is 0 Å². The Bertz CT molecular complexity index is 378. The second-order valence-corrected chi connectivity index (χ2v) is 5.31. The van der Waals surface area contributed by atoms with Crippen molar-refractivity contribution in [3.05, 3.63) is 0 Å². The van der Waals surface area contributed by atoms with Crippen LogP contribution in [0.5, 0.6) is 0 Å². The first-order valence-corrected chi connectivity index (χ1v) is 6.76. The van der Waals surface area contributed by atoms with Crippen molar-refractivity contribution < 1.29 is 79.8 Å². The quantitative estimate of drug-likeness (QED) is 0.211. The number of carbonyl (C=O) groups is 1. The summed E-state index contributed by atoms with van der Waals surface area (Å²) in [6.45, 7) is -0.759. The van der Waals surface area contributed by atoms with Gasteiger partial charge in [0.05, 0.1) is 19.1 Å². The predicted molar refractivity (Wildman–Crippen MR) is 58.0 cm³/mol. The Labute approximate surface area is 137 Å². The van der Waals surface area contributed by atoms with Crippen molar-refractivity contribution in [2.75, 3.05) is 6.61 Å². The third-order valence-electron chi connectivity index (χ3n) is 2.59.